The number of nitrogens with one attached hydrogen (secondary N) is 1. The van der Waals surface area contributed by atoms with Crippen molar-refractivity contribution in [3.63, 3.8) is 0 Å². The lowest BCUT2D eigenvalue weighted by atomic mass is 9.94. The standard InChI is InChI=1S/C28H31N7O4/c1-18-5-6-20(30-26(36)24-7-8-25(39-24)28(2,3)4)14-23(18)35-17-22(31-32-35)19-13-21(16-29-15-19)33-9-11-34(12-10-33)27(37)38/h5-8,13-17H,9-12H2,1-4H3,(H,30,36)(H,37,38). The lowest BCUT2D eigenvalue weighted by Crippen LogP contribution is -2.48. The van der Waals surface area contributed by atoms with Crippen molar-refractivity contribution < 1.29 is 19.1 Å². The third kappa shape index (κ3) is 5.62. The van der Waals surface area contributed by atoms with Gasteiger partial charge in [-0.25, -0.2) is 9.48 Å². The van der Waals surface area contributed by atoms with Crippen LogP contribution in [0, 0.1) is 6.92 Å². The second kappa shape index (κ2) is 10.2. The Morgan fingerprint density at radius 3 is 2.49 bits per heavy atom. The molecule has 1 aliphatic rings. The smallest absolute Gasteiger partial charge is 0.407 e. The first-order chi connectivity index (χ1) is 18.6. The Kier molecular flexibility index (Phi) is 6.81. The third-order valence-electron chi connectivity index (χ3n) is 6.71. The predicted octanol–water partition coefficient (Wildman–Crippen LogP) is 4.58. The number of hydrogen-bond acceptors (Lipinski definition) is 7. The molecule has 2 N–H and O–H groups in total. The van der Waals surface area contributed by atoms with E-state index < -0.39 is 6.09 Å². The zero-order chi connectivity index (χ0) is 27.7. The first-order valence-corrected chi connectivity index (χ1v) is 12.7. The molecule has 0 saturated carbocycles. The fourth-order valence-corrected chi connectivity index (χ4v) is 4.40. The molecular formula is C28H31N7O4. The average Bonchev–Trinajstić information content (AvgIpc) is 3.61. The molecule has 0 radical (unpaired) electrons. The van der Waals surface area contributed by atoms with Crippen molar-refractivity contribution in [3.05, 3.63) is 72.1 Å². The number of anilines is 2. The molecule has 2 amide bonds. The van der Waals surface area contributed by atoms with Gasteiger partial charge in [0, 0.05) is 49.0 Å². The Morgan fingerprint density at radius 1 is 1.03 bits per heavy atom. The molecule has 0 spiro atoms. The maximum atomic E-state index is 12.8. The molecule has 0 aliphatic carbocycles. The minimum Gasteiger partial charge on any atom is -0.465 e. The van der Waals surface area contributed by atoms with E-state index in [1.807, 2.05) is 64.2 Å². The lowest BCUT2D eigenvalue weighted by molar-refractivity contribution is 0.0993. The van der Waals surface area contributed by atoms with Gasteiger partial charge in [-0.3, -0.25) is 9.78 Å². The summed E-state index contributed by atoms with van der Waals surface area (Å²) in [6.45, 7) is 10.1. The highest BCUT2D eigenvalue weighted by Crippen LogP contribution is 2.27. The van der Waals surface area contributed by atoms with Crippen molar-refractivity contribution in [1.82, 2.24) is 24.9 Å². The Bertz CT molecular complexity index is 1510. The van der Waals surface area contributed by atoms with Gasteiger partial charge in [-0.15, -0.1) is 5.10 Å². The van der Waals surface area contributed by atoms with Crippen molar-refractivity contribution in [2.24, 2.45) is 0 Å². The van der Waals surface area contributed by atoms with Gasteiger partial charge >= 0.3 is 6.09 Å². The number of aromatic nitrogens is 4. The number of amides is 2. The number of pyridine rings is 1. The molecule has 0 bridgehead atoms. The van der Waals surface area contributed by atoms with Gasteiger partial charge in [0.15, 0.2) is 5.76 Å². The van der Waals surface area contributed by atoms with Crippen molar-refractivity contribution in [1.29, 1.82) is 0 Å². The Balaban J connectivity index is 1.32. The molecule has 1 aliphatic heterocycles. The predicted molar refractivity (Wildman–Crippen MR) is 146 cm³/mol. The molecule has 39 heavy (non-hydrogen) atoms. The number of carbonyl (C=O) groups is 2. The van der Waals surface area contributed by atoms with Gasteiger partial charge in [0.05, 0.1) is 23.8 Å². The number of aryl methyl sites for hydroxylation is 1. The van der Waals surface area contributed by atoms with Crippen LogP contribution >= 0.6 is 0 Å². The summed E-state index contributed by atoms with van der Waals surface area (Å²) in [5, 5.41) is 20.8. The molecule has 0 atom stereocenters. The Labute approximate surface area is 226 Å². The van der Waals surface area contributed by atoms with Gasteiger partial charge in [-0.05, 0) is 42.8 Å². The van der Waals surface area contributed by atoms with Gasteiger partial charge in [-0.2, -0.15) is 0 Å². The molecule has 5 rings (SSSR count). The van der Waals surface area contributed by atoms with Crippen LogP contribution in [0.2, 0.25) is 0 Å². The summed E-state index contributed by atoms with van der Waals surface area (Å²) in [5.74, 6) is 0.668. The highest BCUT2D eigenvalue weighted by molar-refractivity contribution is 6.02. The number of rotatable bonds is 5. The van der Waals surface area contributed by atoms with E-state index in [2.05, 4.69) is 25.5 Å². The fraction of sp³-hybridized carbons (Fsp3) is 0.321. The SMILES string of the molecule is Cc1ccc(NC(=O)c2ccc(C(C)(C)C)o2)cc1-n1cc(-c2cncc(N3CCN(C(=O)O)CC3)c2)nn1. The highest BCUT2D eigenvalue weighted by Gasteiger charge is 2.22. The van der Waals surface area contributed by atoms with E-state index in [1.54, 1.807) is 23.1 Å². The van der Waals surface area contributed by atoms with Crippen LogP contribution < -0.4 is 10.2 Å². The molecule has 11 nitrogen and oxygen atoms in total. The summed E-state index contributed by atoms with van der Waals surface area (Å²) >= 11 is 0. The molecule has 3 aromatic heterocycles. The summed E-state index contributed by atoms with van der Waals surface area (Å²) < 4.78 is 7.43. The van der Waals surface area contributed by atoms with Gasteiger partial charge < -0.3 is 24.6 Å². The van der Waals surface area contributed by atoms with Crippen molar-refractivity contribution in [2.45, 2.75) is 33.1 Å². The van der Waals surface area contributed by atoms with E-state index >= 15 is 0 Å². The normalized spacial score (nSPS) is 13.9. The maximum absolute atomic E-state index is 12.8. The quantitative estimate of drug-likeness (QED) is 0.384. The third-order valence-corrected chi connectivity index (χ3v) is 6.71. The van der Waals surface area contributed by atoms with Crippen LogP contribution in [0.1, 0.15) is 42.6 Å². The molecule has 202 valence electrons. The fourth-order valence-electron chi connectivity index (χ4n) is 4.40. The summed E-state index contributed by atoms with van der Waals surface area (Å²) in [5.41, 5.74) is 4.50. The van der Waals surface area contributed by atoms with Gasteiger partial charge in [-0.1, -0.05) is 32.1 Å². The van der Waals surface area contributed by atoms with E-state index in [4.69, 9.17) is 4.42 Å². The first-order valence-electron chi connectivity index (χ1n) is 12.7. The molecule has 0 unspecified atom stereocenters. The summed E-state index contributed by atoms with van der Waals surface area (Å²) in [4.78, 5) is 31.9. The number of piperazine rings is 1. The average molecular weight is 530 g/mol. The molecule has 1 saturated heterocycles. The number of nitrogens with zero attached hydrogens (tertiary/aromatic N) is 6. The van der Waals surface area contributed by atoms with Crippen LogP contribution in [0.3, 0.4) is 0 Å². The van der Waals surface area contributed by atoms with Crippen molar-refractivity contribution in [2.75, 3.05) is 36.4 Å². The Hall–Kier alpha value is -4.67. The zero-order valence-corrected chi connectivity index (χ0v) is 22.4. The van der Waals surface area contributed by atoms with Gasteiger partial charge in [0.1, 0.15) is 11.5 Å². The summed E-state index contributed by atoms with van der Waals surface area (Å²) in [6.07, 6.45) is 4.42. The second-order valence-electron chi connectivity index (χ2n) is 10.6. The zero-order valence-electron chi connectivity index (χ0n) is 22.4. The monoisotopic (exact) mass is 529 g/mol. The molecule has 4 aromatic rings. The maximum Gasteiger partial charge on any atom is 0.407 e. The number of furan rings is 1. The van der Waals surface area contributed by atoms with Crippen LogP contribution in [0.25, 0.3) is 16.9 Å². The van der Waals surface area contributed by atoms with Gasteiger partial charge in [0.25, 0.3) is 5.91 Å². The van der Waals surface area contributed by atoms with Crippen LogP contribution in [-0.2, 0) is 5.41 Å². The number of carboxylic acid groups (broad SMARTS) is 1. The first kappa shape index (κ1) is 26.0. The van der Waals surface area contributed by atoms with Crippen LogP contribution in [0.15, 0.2) is 59.4 Å². The largest absolute Gasteiger partial charge is 0.465 e. The van der Waals surface area contributed by atoms with Crippen molar-refractivity contribution in [3.8, 4) is 16.9 Å². The van der Waals surface area contributed by atoms with E-state index in [0.717, 1.165) is 28.3 Å². The van der Waals surface area contributed by atoms with E-state index in [9.17, 15) is 14.7 Å². The van der Waals surface area contributed by atoms with Crippen LogP contribution in [-0.4, -0.2) is 68.2 Å². The summed E-state index contributed by atoms with van der Waals surface area (Å²) in [6, 6.07) is 11.1. The highest BCUT2D eigenvalue weighted by atomic mass is 16.4. The molecule has 1 aromatic carbocycles. The minimum absolute atomic E-state index is 0.190. The minimum atomic E-state index is -0.896. The van der Waals surface area contributed by atoms with Crippen LogP contribution in [0.5, 0.6) is 0 Å². The van der Waals surface area contributed by atoms with Crippen LogP contribution in [0.4, 0.5) is 16.2 Å². The van der Waals surface area contributed by atoms with Gasteiger partial charge in [0.2, 0.25) is 0 Å². The van der Waals surface area contributed by atoms with E-state index in [-0.39, 0.29) is 17.1 Å². The number of carbonyl (C=O) groups excluding carboxylic acids is 1. The molecular weight excluding hydrogens is 498 g/mol. The lowest BCUT2D eigenvalue weighted by Gasteiger charge is -2.34. The summed E-state index contributed by atoms with van der Waals surface area (Å²) in [7, 11) is 0. The molecule has 1 fully saturated rings. The topological polar surface area (TPSA) is 130 Å². The molecule has 11 heteroatoms. The van der Waals surface area contributed by atoms with E-state index in [1.165, 1.54) is 4.90 Å². The van der Waals surface area contributed by atoms with E-state index in [0.29, 0.717) is 37.6 Å². The number of hydrogen-bond donors (Lipinski definition) is 2. The van der Waals surface area contributed by atoms with Crippen molar-refractivity contribution >= 4 is 23.4 Å². The second-order valence-corrected chi connectivity index (χ2v) is 10.6. The Morgan fingerprint density at radius 2 is 1.79 bits per heavy atom. The number of benzene rings is 1. The molecule has 4 heterocycles.